The average molecular weight is 497 g/mol. The SMILES string of the molecule is C.CC1CCN(C(C)(C)C)CC1.CC1CCN(C(C)(C)C)CC1.CC1CN(C(C)(C)C)CC(C)N1. The Labute approximate surface area is 223 Å². The molecule has 2 unspecified atom stereocenters. The van der Waals surface area contributed by atoms with E-state index in [4.69, 9.17) is 0 Å². The first-order valence-corrected chi connectivity index (χ1v) is 14.4. The van der Waals surface area contributed by atoms with Crippen molar-refractivity contribution in [3.05, 3.63) is 0 Å². The van der Waals surface area contributed by atoms with E-state index < -0.39 is 0 Å². The smallest absolute Gasteiger partial charge is 0.0169 e. The van der Waals surface area contributed by atoms with Crippen LogP contribution in [0.3, 0.4) is 0 Å². The lowest BCUT2D eigenvalue weighted by atomic mass is 9.95. The summed E-state index contributed by atoms with van der Waals surface area (Å²) in [5.41, 5.74) is 1.10. The molecule has 3 fully saturated rings. The first kappa shape index (κ1) is 34.8. The van der Waals surface area contributed by atoms with E-state index in [-0.39, 0.29) is 7.43 Å². The van der Waals surface area contributed by atoms with Crippen molar-refractivity contribution >= 4 is 0 Å². The molecule has 3 rings (SSSR count). The van der Waals surface area contributed by atoms with Gasteiger partial charge in [-0.25, -0.2) is 0 Å². The molecular weight excluding hydrogens is 428 g/mol. The minimum atomic E-state index is 0. The van der Waals surface area contributed by atoms with Crippen LogP contribution in [0.2, 0.25) is 0 Å². The van der Waals surface area contributed by atoms with Crippen LogP contribution in [0, 0.1) is 11.8 Å². The molecule has 4 nitrogen and oxygen atoms in total. The molecule has 0 radical (unpaired) electrons. The van der Waals surface area contributed by atoms with Crippen molar-refractivity contribution < 1.29 is 0 Å². The van der Waals surface area contributed by atoms with Gasteiger partial charge in [-0.1, -0.05) is 21.3 Å². The number of rotatable bonds is 0. The summed E-state index contributed by atoms with van der Waals surface area (Å²) in [6, 6.07) is 1.26. The minimum absolute atomic E-state index is 0. The van der Waals surface area contributed by atoms with E-state index in [0.717, 1.165) is 11.8 Å². The summed E-state index contributed by atoms with van der Waals surface area (Å²) in [6.45, 7) is 37.5. The first-order chi connectivity index (χ1) is 15.4. The molecule has 3 aliphatic heterocycles. The van der Waals surface area contributed by atoms with Crippen LogP contribution in [0.4, 0.5) is 0 Å². The van der Waals surface area contributed by atoms with E-state index in [1.54, 1.807) is 0 Å². The highest BCUT2D eigenvalue weighted by Gasteiger charge is 2.29. The summed E-state index contributed by atoms with van der Waals surface area (Å²) in [5, 5.41) is 3.54. The van der Waals surface area contributed by atoms with Crippen LogP contribution >= 0.6 is 0 Å². The third kappa shape index (κ3) is 13.8. The van der Waals surface area contributed by atoms with Crippen molar-refractivity contribution in [3.8, 4) is 0 Å². The molecule has 0 aromatic rings. The Bertz CT molecular complexity index is 496. The molecule has 212 valence electrons. The predicted octanol–water partition coefficient (Wildman–Crippen LogP) is 7.14. The number of nitrogens with zero attached hydrogens (tertiary/aromatic N) is 3. The topological polar surface area (TPSA) is 21.8 Å². The summed E-state index contributed by atoms with van der Waals surface area (Å²) in [5.74, 6) is 1.90. The Kier molecular flexibility index (Phi) is 14.6. The van der Waals surface area contributed by atoms with E-state index in [1.165, 1.54) is 65.0 Å². The number of likely N-dealkylation sites (tertiary alicyclic amines) is 2. The standard InChI is InChI=1S/C10H22N2.2C10H21N.CH4/c1-8-6-12(10(3,4)5)7-9(2)11-8;2*1-9-5-7-11(8-6-9)10(2,3)4;/h8-9,11H,6-7H2,1-5H3;2*9H,5-8H2,1-4H3;1H4. The summed E-state index contributed by atoms with van der Waals surface area (Å²) >= 11 is 0. The third-order valence-corrected chi connectivity index (χ3v) is 7.97. The largest absolute Gasteiger partial charge is 0.309 e. The second kappa shape index (κ2) is 14.7. The van der Waals surface area contributed by atoms with Gasteiger partial charge < -0.3 is 5.32 Å². The predicted molar refractivity (Wildman–Crippen MR) is 160 cm³/mol. The number of hydrogen-bond acceptors (Lipinski definition) is 4. The number of nitrogens with one attached hydrogen (secondary N) is 1. The summed E-state index contributed by atoms with van der Waals surface area (Å²) in [7, 11) is 0. The second-order valence-corrected chi connectivity index (χ2v) is 14.7. The Morgan fingerprint density at radius 1 is 0.486 bits per heavy atom. The van der Waals surface area contributed by atoms with Gasteiger partial charge in [0.25, 0.3) is 0 Å². The molecule has 3 saturated heterocycles. The van der Waals surface area contributed by atoms with Crippen LogP contribution in [0.15, 0.2) is 0 Å². The zero-order valence-corrected chi connectivity index (χ0v) is 25.7. The van der Waals surface area contributed by atoms with Crippen LogP contribution in [-0.2, 0) is 0 Å². The second-order valence-electron chi connectivity index (χ2n) is 14.7. The zero-order valence-electron chi connectivity index (χ0n) is 25.7. The fraction of sp³-hybridized carbons (Fsp3) is 1.00. The lowest BCUT2D eigenvalue weighted by Gasteiger charge is -2.43. The maximum absolute atomic E-state index is 3.54. The Morgan fingerprint density at radius 3 is 0.971 bits per heavy atom. The van der Waals surface area contributed by atoms with E-state index >= 15 is 0 Å². The van der Waals surface area contributed by atoms with Gasteiger partial charge in [-0.2, -0.15) is 0 Å². The molecule has 4 heteroatoms. The third-order valence-electron chi connectivity index (χ3n) is 7.97. The quantitative estimate of drug-likeness (QED) is 0.385. The number of piperazine rings is 1. The lowest BCUT2D eigenvalue weighted by Crippen LogP contribution is -2.59. The fourth-order valence-corrected chi connectivity index (χ4v) is 5.23. The molecule has 3 heterocycles. The van der Waals surface area contributed by atoms with Gasteiger partial charge >= 0.3 is 0 Å². The molecule has 0 bridgehead atoms. The molecule has 0 spiro atoms. The van der Waals surface area contributed by atoms with Gasteiger partial charge in [-0.3, -0.25) is 14.7 Å². The number of piperidine rings is 2. The average Bonchev–Trinajstić information content (AvgIpc) is 2.67. The molecule has 0 amide bonds. The summed E-state index contributed by atoms with van der Waals surface area (Å²) in [6.07, 6.45) is 5.54. The summed E-state index contributed by atoms with van der Waals surface area (Å²) in [4.78, 5) is 7.73. The van der Waals surface area contributed by atoms with Gasteiger partial charge in [-0.15, -0.1) is 0 Å². The van der Waals surface area contributed by atoms with Gasteiger partial charge in [0.1, 0.15) is 0 Å². The molecule has 3 aliphatic rings. The van der Waals surface area contributed by atoms with E-state index in [2.05, 4.69) is 110 Å². The van der Waals surface area contributed by atoms with Gasteiger partial charge in [0.05, 0.1) is 0 Å². The van der Waals surface area contributed by atoms with Crippen LogP contribution < -0.4 is 5.32 Å². The van der Waals surface area contributed by atoms with E-state index in [1.807, 2.05) is 0 Å². The van der Waals surface area contributed by atoms with Gasteiger partial charge in [0.15, 0.2) is 0 Å². The zero-order chi connectivity index (χ0) is 26.3. The monoisotopic (exact) mass is 497 g/mol. The van der Waals surface area contributed by atoms with E-state index in [9.17, 15) is 0 Å². The van der Waals surface area contributed by atoms with Gasteiger partial charge in [0, 0.05) is 41.8 Å². The van der Waals surface area contributed by atoms with Crippen LogP contribution in [-0.4, -0.2) is 82.7 Å². The normalized spacial score (nSPS) is 26.7. The molecule has 0 aromatic heterocycles. The minimum Gasteiger partial charge on any atom is -0.309 e. The molecule has 1 N–H and O–H groups in total. The van der Waals surface area contributed by atoms with Crippen molar-refractivity contribution in [1.29, 1.82) is 0 Å². The van der Waals surface area contributed by atoms with Crippen molar-refractivity contribution in [2.45, 2.75) is 152 Å². The van der Waals surface area contributed by atoms with Crippen molar-refractivity contribution in [1.82, 2.24) is 20.0 Å². The fourth-order valence-electron chi connectivity index (χ4n) is 5.23. The van der Waals surface area contributed by atoms with Crippen LogP contribution in [0.1, 0.15) is 123 Å². The molecule has 0 saturated carbocycles. The molecule has 0 aliphatic carbocycles. The van der Waals surface area contributed by atoms with Crippen molar-refractivity contribution in [2.24, 2.45) is 11.8 Å². The van der Waals surface area contributed by atoms with Crippen LogP contribution in [0.25, 0.3) is 0 Å². The van der Waals surface area contributed by atoms with Gasteiger partial charge in [-0.05, 0) is 140 Å². The molecular formula is C31H68N4. The highest BCUT2D eigenvalue weighted by Crippen LogP contribution is 2.24. The maximum Gasteiger partial charge on any atom is 0.0169 e. The Hall–Kier alpha value is -0.160. The molecule has 35 heavy (non-hydrogen) atoms. The molecule has 2 atom stereocenters. The maximum atomic E-state index is 3.54. The molecule has 0 aromatic carbocycles. The number of hydrogen-bond donors (Lipinski definition) is 1. The first-order valence-electron chi connectivity index (χ1n) is 14.4. The van der Waals surface area contributed by atoms with Crippen LogP contribution in [0.5, 0.6) is 0 Å². The highest BCUT2D eigenvalue weighted by molar-refractivity contribution is 4.87. The van der Waals surface area contributed by atoms with Gasteiger partial charge in [0.2, 0.25) is 0 Å². The Morgan fingerprint density at radius 2 is 0.743 bits per heavy atom. The van der Waals surface area contributed by atoms with E-state index in [0.29, 0.717) is 28.7 Å². The van der Waals surface area contributed by atoms with Crippen molar-refractivity contribution in [3.63, 3.8) is 0 Å². The van der Waals surface area contributed by atoms with Crippen molar-refractivity contribution in [2.75, 3.05) is 39.3 Å². The lowest BCUT2D eigenvalue weighted by molar-refractivity contribution is 0.0795. The summed E-state index contributed by atoms with van der Waals surface area (Å²) < 4.78 is 0. The highest BCUT2D eigenvalue weighted by atomic mass is 15.3. The Balaban J connectivity index is 0.000000489.